The van der Waals surface area contributed by atoms with Crippen molar-refractivity contribution in [2.75, 3.05) is 13.1 Å². The SMILES string of the molecule is CC(C)(C)OC(=O)N1C[C@@H]2C(C(=O)CC(C)(C)c3nc(C#N)c4ccccn34)[C@@H]2C1. The number of carbonyl (C=O) groups is 2. The lowest BCUT2D eigenvalue weighted by atomic mass is 9.84. The predicted octanol–water partition coefficient (Wildman–Crippen LogP) is 3.56. The first-order valence-electron chi connectivity index (χ1n) is 10.4. The maximum Gasteiger partial charge on any atom is 0.410 e. The molecule has 2 aromatic rings. The summed E-state index contributed by atoms with van der Waals surface area (Å²) in [6.07, 6.45) is 1.94. The van der Waals surface area contributed by atoms with E-state index >= 15 is 0 Å². The minimum Gasteiger partial charge on any atom is -0.444 e. The van der Waals surface area contributed by atoms with Gasteiger partial charge in [0, 0.05) is 37.0 Å². The number of likely N-dealkylation sites (tertiary alicyclic amines) is 1. The van der Waals surface area contributed by atoms with Gasteiger partial charge in [0.1, 0.15) is 23.3 Å². The molecule has 4 rings (SSSR count). The van der Waals surface area contributed by atoms with Crippen LogP contribution in [0.2, 0.25) is 0 Å². The second-order valence-electron chi connectivity index (χ2n) is 10.1. The van der Waals surface area contributed by atoms with Crippen LogP contribution in [0.15, 0.2) is 24.4 Å². The lowest BCUT2D eigenvalue weighted by Gasteiger charge is -2.26. The van der Waals surface area contributed by atoms with Crippen molar-refractivity contribution < 1.29 is 14.3 Å². The second kappa shape index (κ2) is 6.83. The molecule has 1 saturated carbocycles. The summed E-state index contributed by atoms with van der Waals surface area (Å²) in [5.74, 6) is 1.40. The van der Waals surface area contributed by atoms with Crippen LogP contribution in [0.4, 0.5) is 4.79 Å². The quantitative estimate of drug-likeness (QED) is 0.772. The van der Waals surface area contributed by atoms with Crippen LogP contribution < -0.4 is 0 Å². The standard InChI is InChI=1S/C23H28N4O3/c1-22(2,3)30-21(29)26-12-14-15(13-26)19(14)18(28)10-23(4,5)20-25-16(11-24)17-8-6-7-9-27(17)20/h6-9,14-15,19H,10,12-13H2,1-5H3/t14-,15+,19?. The van der Waals surface area contributed by atoms with Gasteiger partial charge >= 0.3 is 6.09 Å². The van der Waals surface area contributed by atoms with Crippen LogP contribution in [0.1, 0.15) is 52.6 Å². The minimum atomic E-state index is -0.516. The van der Waals surface area contributed by atoms with E-state index in [4.69, 9.17) is 4.74 Å². The number of fused-ring (bicyclic) bond motifs is 2. The third kappa shape index (κ3) is 3.55. The van der Waals surface area contributed by atoms with Gasteiger partial charge in [0.2, 0.25) is 0 Å². The molecule has 30 heavy (non-hydrogen) atoms. The smallest absolute Gasteiger partial charge is 0.410 e. The molecule has 2 aromatic heterocycles. The van der Waals surface area contributed by atoms with Crippen LogP contribution in [-0.4, -0.2) is 44.9 Å². The number of ether oxygens (including phenoxy) is 1. The van der Waals surface area contributed by atoms with Gasteiger partial charge in [-0.15, -0.1) is 0 Å². The molecule has 1 aliphatic carbocycles. The van der Waals surface area contributed by atoms with E-state index in [0.717, 1.165) is 11.3 Å². The Morgan fingerprint density at radius 2 is 1.87 bits per heavy atom. The summed E-state index contributed by atoms with van der Waals surface area (Å²) < 4.78 is 7.35. The summed E-state index contributed by atoms with van der Waals surface area (Å²) >= 11 is 0. The van der Waals surface area contributed by atoms with Gasteiger partial charge in [-0.25, -0.2) is 9.78 Å². The molecule has 2 aliphatic rings. The summed E-state index contributed by atoms with van der Waals surface area (Å²) in [6.45, 7) is 10.7. The number of imidazole rings is 1. The predicted molar refractivity (Wildman–Crippen MR) is 111 cm³/mol. The van der Waals surface area contributed by atoms with E-state index in [1.54, 1.807) is 4.90 Å². The van der Waals surface area contributed by atoms with Crippen molar-refractivity contribution in [2.45, 2.75) is 52.1 Å². The molecule has 158 valence electrons. The zero-order valence-corrected chi connectivity index (χ0v) is 18.2. The molecule has 1 saturated heterocycles. The zero-order valence-electron chi connectivity index (χ0n) is 18.2. The lowest BCUT2D eigenvalue weighted by molar-refractivity contribution is -0.122. The topological polar surface area (TPSA) is 87.7 Å². The number of aromatic nitrogens is 2. The molecular formula is C23H28N4O3. The fourth-order valence-electron chi connectivity index (χ4n) is 4.71. The van der Waals surface area contributed by atoms with Crippen molar-refractivity contribution in [2.24, 2.45) is 17.8 Å². The Hall–Kier alpha value is -2.88. The average molecular weight is 409 g/mol. The summed E-state index contributed by atoms with van der Waals surface area (Å²) in [6, 6.07) is 7.79. The number of hydrogen-bond acceptors (Lipinski definition) is 5. The molecule has 1 unspecified atom stereocenters. The largest absolute Gasteiger partial charge is 0.444 e. The van der Waals surface area contributed by atoms with Gasteiger partial charge in [0.15, 0.2) is 5.69 Å². The fourth-order valence-corrected chi connectivity index (χ4v) is 4.71. The van der Waals surface area contributed by atoms with Crippen molar-refractivity contribution in [3.8, 4) is 6.07 Å². The van der Waals surface area contributed by atoms with Gasteiger partial charge in [0.25, 0.3) is 0 Å². The molecule has 1 amide bonds. The highest BCUT2D eigenvalue weighted by atomic mass is 16.6. The normalized spacial score (nSPS) is 23.2. The van der Waals surface area contributed by atoms with Crippen LogP contribution >= 0.6 is 0 Å². The lowest BCUT2D eigenvalue weighted by Crippen LogP contribution is -2.38. The van der Waals surface area contributed by atoms with E-state index in [1.807, 2.05) is 63.4 Å². The monoisotopic (exact) mass is 408 g/mol. The highest BCUT2D eigenvalue weighted by Crippen LogP contribution is 2.53. The van der Waals surface area contributed by atoms with Crippen LogP contribution in [0, 0.1) is 29.1 Å². The average Bonchev–Trinajstić information content (AvgIpc) is 3.01. The first-order valence-corrected chi connectivity index (χ1v) is 10.4. The molecule has 7 nitrogen and oxygen atoms in total. The van der Waals surface area contributed by atoms with Crippen LogP contribution in [0.5, 0.6) is 0 Å². The van der Waals surface area contributed by atoms with Gasteiger partial charge < -0.3 is 14.0 Å². The Labute approximate surface area is 176 Å². The first kappa shape index (κ1) is 20.4. The molecule has 3 heterocycles. The molecule has 0 bridgehead atoms. The van der Waals surface area contributed by atoms with Crippen LogP contribution in [-0.2, 0) is 14.9 Å². The van der Waals surface area contributed by atoms with E-state index in [1.165, 1.54) is 0 Å². The third-order valence-electron chi connectivity index (χ3n) is 6.09. The molecular weight excluding hydrogens is 380 g/mol. The van der Waals surface area contributed by atoms with Gasteiger partial charge in [-0.1, -0.05) is 19.9 Å². The highest BCUT2D eigenvalue weighted by Gasteiger charge is 2.60. The molecule has 1 aliphatic heterocycles. The highest BCUT2D eigenvalue weighted by molar-refractivity contribution is 5.86. The molecule has 0 spiro atoms. The van der Waals surface area contributed by atoms with Crippen molar-refractivity contribution in [3.63, 3.8) is 0 Å². The zero-order chi connectivity index (χ0) is 21.8. The van der Waals surface area contributed by atoms with Crippen molar-refractivity contribution in [1.82, 2.24) is 14.3 Å². The number of amides is 1. The first-order chi connectivity index (χ1) is 14.0. The molecule has 0 radical (unpaired) electrons. The summed E-state index contributed by atoms with van der Waals surface area (Å²) in [4.78, 5) is 31.6. The van der Waals surface area contributed by atoms with E-state index in [-0.39, 0.29) is 29.6 Å². The Balaban J connectivity index is 1.43. The Morgan fingerprint density at radius 3 is 2.47 bits per heavy atom. The maximum atomic E-state index is 13.1. The number of piperidine rings is 1. The number of rotatable bonds is 4. The number of ketones is 1. The molecule has 0 aromatic carbocycles. The Bertz CT molecular complexity index is 1040. The third-order valence-corrected chi connectivity index (χ3v) is 6.09. The van der Waals surface area contributed by atoms with Crippen LogP contribution in [0.3, 0.4) is 0 Å². The second-order valence-corrected chi connectivity index (χ2v) is 10.1. The van der Waals surface area contributed by atoms with Crippen LogP contribution in [0.25, 0.3) is 5.52 Å². The Kier molecular flexibility index (Phi) is 4.64. The van der Waals surface area contributed by atoms with Gasteiger partial charge in [0.05, 0.1) is 5.52 Å². The number of pyridine rings is 1. The molecule has 7 heteroatoms. The molecule has 0 N–H and O–H groups in total. The van der Waals surface area contributed by atoms with E-state index in [0.29, 0.717) is 25.2 Å². The van der Waals surface area contributed by atoms with Crippen molar-refractivity contribution in [1.29, 1.82) is 5.26 Å². The van der Waals surface area contributed by atoms with E-state index in [2.05, 4.69) is 11.1 Å². The fraction of sp³-hybridized carbons (Fsp3) is 0.565. The number of carbonyl (C=O) groups excluding carboxylic acids is 2. The van der Waals surface area contributed by atoms with Crippen molar-refractivity contribution in [3.05, 3.63) is 35.9 Å². The van der Waals surface area contributed by atoms with Crippen molar-refractivity contribution >= 4 is 17.4 Å². The van der Waals surface area contributed by atoms with E-state index in [9.17, 15) is 14.9 Å². The number of hydrogen-bond donors (Lipinski definition) is 0. The van der Waals surface area contributed by atoms with Gasteiger partial charge in [-0.3, -0.25) is 4.79 Å². The Morgan fingerprint density at radius 1 is 1.20 bits per heavy atom. The molecule has 3 atom stereocenters. The molecule has 2 fully saturated rings. The summed E-state index contributed by atoms with van der Waals surface area (Å²) in [7, 11) is 0. The summed E-state index contributed by atoms with van der Waals surface area (Å²) in [5, 5.41) is 9.41. The summed E-state index contributed by atoms with van der Waals surface area (Å²) in [5.41, 5.74) is 0.116. The minimum absolute atomic E-state index is 0.00428. The number of nitriles is 1. The van der Waals surface area contributed by atoms with E-state index < -0.39 is 11.0 Å². The maximum absolute atomic E-state index is 13.1. The number of nitrogens with zero attached hydrogens (tertiary/aromatic N) is 4. The number of Topliss-reactive ketones (excluding diaryl/α,β-unsaturated/α-hetero) is 1. The van der Waals surface area contributed by atoms with Gasteiger partial charge in [-0.05, 0) is 44.7 Å². The van der Waals surface area contributed by atoms with Gasteiger partial charge in [-0.2, -0.15) is 5.26 Å².